The molecule has 0 bridgehead atoms. The Morgan fingerprint density at radius 2 is 1.96 bits per heavy atom. The molecule has 0 saturated heterocycles. The molecule has 2 aromatic rings. The lowest BCUT2D eigenvalue weighted by molar-refractivity contribution is -0.144. The number of nitrogens with two attached hydrogens (primary N) is 1. The highest BCUT2D eigenvalue weighted by molar-refractivity contribution is 5.81. The Balaban J connectivity index is 1.67. The van der Waals surface area contributed by atoms with E-state index in [-0.39, 0.29) is 25.6 Å². The maximum Gasteiger partial charge on any atom is 0.330 e. The highest BCUT2D eigenvalue weighted by atomic mass is 16.5. The third-order valence-electron chi connectivity index (χ3n) is 3.20. The van der Waals surface area contributed by atoms with E-state index in [9.17, 15) is 9.59 Å². The van der Waals surface area contributed by atoms with E-state index in [2.05, 4.69) is 21.5 Å². The van der Waals surface area contributed by atoms with Gasteiger partial charge in [-0.2, -0.15) is 0 Å². The van der Waals surface area contributed by atoms with Gasteiger partial charge in [-0.25, -0.2) is 19.7 Å². The molecule has 0 aromatic carbocycles. The summed E-state index contributed by atoms with van der Waals surface area (Å²) in [6.07, 6.45) is 5.46. The van der Waals surface area contributed by atoms with Crippen LogP contribution in [0.4, 0.5) is 5.82 Å². The van der Waals surface area contributed by atoms with E-state index in [4.69, 9.17) is 15.2 Å². The number of hydrogen-bond donors (Lipinski definition) is 1. The van der Waals surface area contributed by atoms with E-state index in [0.29, 0.717) is 36.4 Å². The van der Waals surface area contributed by atoms with E-state index < -0.39 is 5.97 Å². The third-order valence-corrected chi connectivity index (χ3v) is 3.20. The Morgan fingerprint density at radius 1 is 1.21 bits per heavy atom. The Labute approximate surface area is 138 Å². The summed E-state index contributed by atoms with van der Waals surface area (Å²) >= 11 is 0. The fraction of sp³-hybridized carbons (Fsp3) is 0.400. The van der Waals surface area contributed by atoms with Crippen molar-refractivity contribution in [3.63, 3.8) is 0 Å². The van der Waals surface area contributed by atoms with Crippen molar-refractivity contribution >= 4 is 28.9 Å². The summed E-state index contributed by atoms with van der Waals surface area (Å²) in [5.41, 5.74) is 6.80. The van der Waals surface area contributed by atoms with Gasteiger partial charge in [0.25, 0.3) is 0 Å². The number of nitrogens with zero attached hydrogens (tertiary/aromatic N) is 4. The van der Waals surface area contributed by atoms with E-state index >= 15 is 0 Å². The summed E-state index contributed by atoms with van der Waals surface area (Å²) in [6.45, 7) is 4.25. The fourth-order valence-electron chi connectivity index (χ4n) is 1.97. The second-order valence-corrected chi connectivity index (χ2v) is 4.92. The molecule has 0 fully saturated rings. The minimum atomic E-state index is -0.455. The van der Waals surface area contributed by atoms with Crippen LogP contribution in [0.15, 0.2) is 25.3 Å². The predicted molar refractivity (Wildman–Crippen MR) is 85.7 cm³/mol. The third kappa shape index (κ3) is 4.77. The zero-order valence-corrected chi connectivity index (χ0v) is 13.2. The number of ether oxygens (including phenoxy) is 2. The SMILES string of the molecule is C=CC(=O)OCCCCOC(=O)CCn1cnc2c(N)ncnc21. The number of aryl methyl sites for hydroxylation is 1. The van der Waals surface area contributed by atoms with Gasteiger partial charge >= 0.3 is 11.9 Å². The van der Waals surface area contributed by atoms with Gasteiger partial charge in [0.1, 0.15) is 11.8 Å². The van der Waals surface area contributed by atoms with Crippen LogP contribution in [0.3, 0.4) is 0 Å². The van der Waals surface area contributed by atoms with Crippen molar-refractivity contribution in [1.29, 1.82) is 0 Å². The smallest absolute Gasteiger partial charge is 0.330 e. The van der Waals surface area contributed by atoms with Gasteiger partial charge in [-0.15, -0.1) is 0 Å². The number of hydrogen-bond acceptors (Lipinski definition) is 8. The van der Waals surface area contributed by atoms with Crippen molar-refractivity contribution in [2.24, 2.45) is 0 Å². The van der Waals surface area contributed by atoms with Crippen LogP contribution < -0.4 is 5.73 Å². The molecule has 24 heavy (non-hydrogen) atoms. The monoisotopic (exact) mass is 333 g/mol. The Bertz CT molecular complexity index is 728. The lowest BCUT2D eigenvalue weighted by Crippen LogP contribution is -2.11. The number of aromatic nitrogens is 4. The van der Waals surface area contributed by atoms with Gasteiger partial charge in [0, 0.05) is 12.6 Å². The van der Waals surface area contributed by atoms with Gasteiger partial charge in [-0.05, 0) is 12.8 Å². The average Bonchev–Trinajstić information content (AvgIpc) is 3.00. The van der Waals surface area contributed by atoms with E-state index in [0.717, 1.165) is 6.08 Å². The van der Waals surface area contributed by atoms with Crippen molar-refractivity contribution in [2.75, 3.05) is 18.9 Å². The van der Waals surface area contributed by atoms with Crippen molar-refractivity contribution in [2.45, 2.75) is 25.8 Å². The highest BCUT2D eigenvalue weighted by Gasteiger charge is 2.09. The zero-order chi connectivity index (χ0) is 17.4. The Morgan fingerprint density at radius 3 is 2.71 bits per heavy atom. The average molecular weight is 333 g/mol. The van der Waals surface area contributed by atoms with Gasteiger partial charge in [0.15, 0.2) is 11.5 Å². The maximum atomic E-state index is 11.7. The van der Waals surface area contributed by atoms with Crippen molar-refractivity contribution in [1.82, 2.24) is 19.5 Å². The van der Waals surface area contributed by atoms with Crippen molar-refractivity contribution in [3.05, 3.63) is 25.3 Å². The normalized spacial score (nSPS) is 10.5. The molecule has 9 heteroatoms. The highest BCUT2D eigenvalue weighted by Crippen LogP contribution is 2.14. The summed E-state index contributed by atoms with van der Waals surface area (Å²) in [4.78, 5) is 34.6. The van der Waals surface area contributed by atoms with Gasteiger partial charge < -0.3 is 19.8 Å². The lowest BCUT2D eigenvalue weighted by atomic mass is 10.3. The Hall–Kier alpha value is -2.97. The molecule has 2 N–H and O–H groups in total. The zero-order valence-electron chi connectivity index (χ0n) is 13.2. The minimum absolute atomic E-state index is 0.195. The fourth-order valence-corrected chi connectivity index (χ4v) is 1.97. The number of fused-ring (bicyclic) bond motifs is 1. The molecule has 0 atom stereocenters. The first kappa shape index (κ1) is 17.4. The van der Waals surface area contributed by atoms with Crippen molar-refractivity contribution in [3.8, 4) is 0 Å². The lowest BCUT2D eigenvalue weighted by Gasteiger charge is -2.06. The topological polar surface area (TPSA) is 122 Å². The molecule has 9 nitrogen and oxygen atoms in total. The molecular weight excluding hydrogens is 314 g/mol. The largest absolute Gasteiger partial charge is 0.466 e. The first-order chi connectivity index (χ1) is 11.6. The molecule has 0 aliphatic carbocycles. The summed E-state index contributed by atoms with van der Waals surface area (Å²) in [6, 6.07) is 0. The molecule has 2 rings (SSSR count). The van der Waals surface area contributed by atoms with Gasteiger partial charge in [-0.3, -0.25) is 4.79 Å². The van der Waals surface area contributed by atoms with E-state index in [1.165, 1.54) is 6.33 Å². The number of esters is 2. The van der Waals surface area contributed by atoms with Crippen LogP contribution >= 0.6 is 0 Å². The molecule has 0 amide bonds. The van der Waals surface area contributed by atoms with Crippen LogP contribution in [-0.4, -0.2) is 44.7 Å². The van der Waals surface area contributed by atoms with Gasteiger partial charge in [0.2, 0.25) is 0 Å². The molecule has 0 saturated carbocycles. The molecule has 2 heterocycles. The van der Waals surface area contributed by atoms with Gasteiger partial charge in [-0.1, -0.05) is 6.58 Å². The molecule has 2 aromatic heterocycles. The minimum Gasteiger partial charge on any atom is -0.466 e. The van der Waals surface area contributed by atoms with Crippen LogP contribution in [0.2, 0.25) is 0 Å². The Kier molecular flexibility index (Phi) is 6.23. The number of carbonyl (C=O) groups excluding carboxylic acids is 2. The maximum absolute atomic E-state index is 11.7. The number of rotatable bonds is 9. The summed E-state index contributed by atoms with van der Waals surface area (Å²) in [5.74, 6) is -0.468. The molecule has 0 unspecified atom stereocenters. The van der Waals surface area contributed by atoms with Crippen LogP contribution in [0.1, 0.15) is 19.3 Å². The molecule has 0 aliphatic heterocycles. The van der Waals surface area contributed by atoms with Crippen molar-refractivity contribution < 1.29 is 19.1 Å². The van der Waals surface area contributed by atoms with Crippen LogP contribution in [-0.2, 0) is 25.6 Å². The first-order valence-electron chi connectivity index (χ1n) is 7.48. The molecule has 0 radical (unpaired) electrons. The summed E-state index contributed by atoms with van der Waals surface area (Å²) < 4.78 is 11.7. The quantitative estimate of drug-likeness (QED) is 0.407. The number of nitrogen functional groups attached to an aromatic ring is 1. The molecule has 0 spiro atoms. The van der Waals surface area contributed by atoms with Crippen LogP contribution in [0.25, 0.3) is 11.2 Å². The summed E-state index contributed by atoms with van der Waals surface area (Å²) in [7, 11) is 0. The second-order valence-electron chi connectivity index (χ2n) is 4.92. The molecule has 0 aliphatic rings. The molecule has 128 valence electrons. The molecular formula is C15H19N5O4. The van der Waals surface area contributed by atoms with Crippen LogP contribution in [0, 0.1) is 0 Å². The number of anilines is 1. The van der Waals surface area contributed by atoms with Crippen LogP contribution in [0.5, 0.6) is 0 Å². The standard InChI is InChI=1S/C15H19N5O4/c1-2-11(21)23-7-3-4-8-24-12(22)5-6-20-10-19-13-14(16)17-9-18-15(13)20/h2,9-10H,1,3-8H2,(H2,16,17,18). The number of carbonyl (C=O) groups is 2. The summed E-state index contributed by atoms with van der Waals surface area (Å²) in [5, 5.41) is 0. The van der Waals surface area contributed by atoms with Gasteiger partial charge in [0.05, 0.1) is 26.0 Å². The predicted octanol–water partition coefficient (Wildman–Crippen LogP) is 0.851. The van der Waals surface area contributed by atoms with E-state index in [1.54, 1.807) is 10.9 Å². The number of imidazole rings is 1. The first-order valence-corrected chi connectivity index (χ1v) is 7.48. The second kappa shape index (κ2) is 8.61. The van der Waals surface area contributed by atoms with E-state index in [1.807, 2.05) is 0 Å². The number of unbranched alkanes of at least 4 members (excludes halogenated alkanes) is 1.